The minimum absolute atomic E-state index is 0.0412. The van der Waals surface area contributed by atoms with Crippen LogP contribution in [0.4, 0.5) is 26.3 Å². The third kappa shape index (κ3) is 6.11. The number of halogens is 6. The van der Waals surface area contributed by atoms with Crippen molar-refractivity contribution in [2.45, 2.75) is 44.6 Å². The van der Waals surface area contributed by atoms with Gasteiger partial charge < -0.3 is 10.4 Å². The molecule has 0 radical (unpaired) electrons. The number of amides is 1. The summed E-state index contributed by atoms with van der Waals surface area (Å²) in [5.74, 6) is -7.88. The molecule has 1 unspecified atom stereocenters. The Kier molecular flexibility index (Phi) is 6.30. The van der Waals surface area contributed by atoms with Crippen molar-refractivity contribution in [2.24, 2.45) is 5.92 Å². The summed E-state index contributed by atoms with van der Waals surface area (Å²) in [4.78, 5) is 21.6. The highest BCUT2D eigenvalue weighted by Crippen LogP contribution is 2.39. The van der Waals surface area contributed by atoms with Crippen LogP contribution in [0.3, 0.4) is 0 Å². The van der Waals surface area contributed by atoms with Gasteiger partial charge >= 0.3 is 18.3 Å². The normalized spacial score (nSPS) is 14.2. The van der Waals surface area contributed by atoms with Gasteiger partial charge in [-0.15, -0.1) is 0 Å². The molecule has 0 aliphatic carbocycles. The van der Waals surface area contributed by atoms with Crippen LogP contribution in [-0.2, 0) is 9.59 Å². The lowest BCUT2D eigenvalue weighted by molar-refractivity contribution is -0.274. The second-order valence-corrected chi connectivity index (χ2v) is 4.11. The first-order valence-corrected chi connectivity index (χ1v) is 5.55. The number of carboxylic acid groups (broad SMARTS) is 1. The molecule has 0 aliphatic rings. The summed E-state index contributed by atoms with van der Waals surface area (Å²) in [6, 6.07) is -1.28. The Hall–Kier alpha value is -1.48. The molecule has 0 fully saturated rings. The number of carboxylic acids is 1. The van der Waals surface area contributed by atoms with Gasteiger partial charge in [0.15, 0.2) is 0 Å². The molecule has 0 saturated carbocycles. The van der Waals surface area contributed by atoms with Crippen LogP contribution in [0.5, 0.6) is 0 Å². The molecule has 0 bridgehead atoms. The predicted molar refractivity (Wildman–Crippen MR) is 54.7 cm³/mol. The van der Waals surface area contributed by atoms with E-state index >= 15 is 0 Å². The average molecular weight is 309 g/mol. The summed E-state index contributed by atoms with van der Waals surface area (Å²) in [5.41, 5.74) is 0. The van der Waals surface area contributed by atoms with Crippen molar-refractivity contribution in [3.63, 3.8) is 0 Å². The Morgan fingerprint density at radius 2 is 1.55 bits per heavy atom. The third-order valence-electron chi connectivity index (χ3n) is 2.32. The van der Waals surface area contributed by atoms with E-state index in [1.54, 1.807) is 6.92 Å². The molecule has 20 heavy (non-hydrogen) atoms. The molecule has 1 amide bonds. The zero-order valence-corrected chi connectivity index (χ0v) is 10.3. The quantitative estimate of drug-likeness (QED) is 0.741. The van der Waals surface area contributed by atoms with E-state index < -0.39 is 42.6 Å². The molecule has 0 aliphatic heterocycles. The van der Waals surface area contributed by atoms with Crippen LogP contribution in [0.15, 0.2) is 0 Å². The number of aliphatic carboxylic acids is 1. The van der Waals surface area contributed by atoms with E-state index in [1.165, 1.54) is 5.32 Å². The van der Waals surface area contributed by atoms with Gasteiger partial charge in [-0.3, -0.25) is 9.59 Å². The topological polar surface area (TPSA) is 66.4 Å². The number of carbonyl (C=O) groups is 2. The summed E-state index contributed by atoms with van der Waals surface area (Å²) < 4.78 is 73.6. The van der Waals surface area contributed by atoms with E-state index in [0.29, 0.717) is 6.42 Å². The first-order chi connectivity index (χ1) is 8.89. The second-order valence-electron chi connectivity index (χ2n) is 4.11. The fourth-order valence-electron chi connectivity index (χ4n) is 1.55. The van der Waals surface area contributed by atoms with Crippen LogP contribution >= 0.6 is 0 Å². The van der Waals surface area contributed by atoms with E-state index in [4.69, 9.17) is 5.11 Å². The lowest BCUT2D eigenvalue weighted by Crippen LogP contribution is -2.50. The van der Waals surface area contributed by atoms with Crippen molar-refractivity contribution in [2.75, 3.05) is 0 Å². The third-order valence-corrected chi connectivity index (χ3v) is 2.32. The maximum Gasteiger partial charge on any atom is 0.409 e. The van der Waals surface area contributed by atoms with Crippen LogP contribution in [0, 0.1) is 5.92 Å². The molecule has 0 aromatic heterocycles. The highest BCUT2D eigenvalue weighted by molar-refractivity contribution is 5.81. The van der Waals surface area contributed by atoms with E-state index in [-0.39, 0.29) is 6.42 Å². The highest BCUT2D eigenvalue weighted by Gasteiger charge is 2.61. The van der Waals surface area contributed by atoms with Crippen molar-refractivity contribution in [3.8, 4) is 0 Å². The fourth-order valence-corrected chi connectivity index (χ4v) is 1.55. The van der Waals surface area contributed by atoms with Crippen molar-refractivity contribution >= 4 is 11.9 Å². The fraction of sp³-hybridized carbons (Fsp3) is 0.800. The molecular formula is C10H13F6NO3. The van der Waals surface area contributed by atoms with Crippen molar-refractivity contribution in [1.82, 2.24) is 5.32 Å². The molecule has 0 aromatic rings. The van der Waals surface area contributed by atoms with E-state index in [1.807, 2.05) is 0 Å². The first kappa shape index (κ1) is 18.5. The summed E-state index contributed by atoms with van der Waals surface area (Å²) in [6.07, 6.45) is -12.1. The van der Waals surface area contributed by atoms with Crippen LogP contribution in [0.25, 0.3) is 0 Å². The molecule has 118 valence electrons. The van der Waals surface area contributed by atoms with Crippen molar-refractivity contribution in [1.29, 1.82) is 0 Å². The number of rotatable bonds is 6. The predicted octanol–water partition coefficient (Wildman–Crippen LogP) is 2.49. The lowest BCUT2D eigenvalue weighted by Gasteiger charge is -2.24. The Balaban J connectivity index is 5.03. The van der Waals surface area contributed by atoms with Gasteiger partial charge in [0.2, 0.25) is 11.8 Å². The van der Waals surface area contributed by atoms with Gasteiger partial charge in [-0.25, -0.2) is 0 Å². The van der Waals surface area contributed by atoms with Gasteiger partial charge in [-0.05, 0) is 6.42 Å². The van der Waals surface area contributed by atoms with Crippen LogP contribution in [-0.4, -0.2) is 35.4 Å². The number of carbonyl (C=O) groups excluding carboxylic acids is 1. The van der Waals surface area contributed by atoms with Gasteiger partial charge in [0.25, 0.3) is 0 Å². The molecule has 1 atom stereocenters. The number of alkyl halides is 6. The Morgan fingerprint density at radius 3 is 1.85 bits per heavy atom. The number of hydrogen-bond donors (Lipinski definition) is 2. The van der Waals surface area contributed by atoms with Crippen LogP contribution < -0.4 is 5.32 Å². The summed E-state index contributed by atoms with van der Waals surface area (Å²) in [5, 5.41) is 9.99. The Bertz CT molecular complexity index is 338. The molecule has 0 aromatic carbocycles. The molecular weight excluding hydrogens is 296 g/mol. The highest BCUT2D eigenvalue weighted by atomic mass is 19.4. The van der Waals surface area contributed by atoms with E-state index in [0.717, 1.165) is 0 Å². The van der Waals surface area contributed by atoms with Gasteiger partial charge in [0.1, 0.15) is 0 Å². The van der Waals surface area contributed by atoms with Crippen LogP contribution in [0.1, 0.15) is 26.2 Å². The molecule has 0 spiro atoms. The minimum atomic E-state index is -5.79. The Labute approximate surface area is 110 Å². The van der Waals surface area contributed by atoms with Gasteiger partial charge in [0, 0.05) is 6.04 Å². The average Bonchev–Trinajstić information content (AvgIpc) is 2.10. The van der Waals surface area contributed by atoms with Crippen molar-refractivity contribution in [3.05, 3.63) is 0 Å². The first-order valence-electron chi connectivity index (χ1n) is 5.55. The zero-order valence-electron chi connectivity index (χ0n) is 10.3. The van der Waals surface area contributed by atoms with Gasteiger partial charge in [-0.2, -0.15) is 26.3 Å². The van der Waals surface area contributed by atoms with Gasteiger partial charge in [0.05, 0.1) is 6.42 Å². The zero-order chi connectivity index (χ0) is 16.1. The molecule has 10 heteroatoms. The number of hydrogen-bond acceptors (Lipinski definition) is 2. The van der Waals surface area contributed by atoms with E-state index in [9.17, 15) is 35.9 Å². The smallest absolute Gasteiger partial charge is 0.409 e. The van der Waals surface area contributed by atoms with Crippen LogP contribution in [0.2, 0.25) is 0 Å². The maximum absolute atomic E-state index is 12.3. The summed E-state index contributed by atoms with van der Waals surface area (Å²) >= 11 is 0. The second kappa shape index (κ2) is 6.80. The largest absolute Gasteiger partial charge is 0.481 e. The van der Waals surface area contributed by atoms with Crippen molar-refractivity contribution < 1.29 is 41.0 Å². The number of nitrogens with one attached hydrogen (secondary N) is 1. The minimum Gasteiger partial charge on any atom is -0.481 e. The maximum atomic E-state index is 12.3. The molecule has 4 nitrogen and oxygen atoms in total. The Morgan fingerprint density at radius 1 is 1.10 bits per heavy atom. The molecule has 2 N–H and O–H groups in total. The lowest BCUT2D eigenvalue weighted by atomic mass is 10.0. The molecule has 0 rings (SSSR count). The van der Waals surface area contributed by atoms with Gasteiger partial charge in [-0.1, -0.05) is 13.3 Å². The summed E-state index contributed by atoms with van der Waals surface area (Å²) in [6.45, 7) is 1.55. The molecule has 0 saturated heterocycles. The SMILES string of the molecule is CCCC(CC(=O)O)NC(=O)C(C(F)(F)F)C(F)(F)F. The molecule has 0 heterocycles. The summed E-state index contributed by atoms with van der Waals surface area (Å²) in [7, 11) is 0. The standard InChI is InChI=1S/C10H13F6NO3/c1-2-3-5(4-6(18)19)17-8(20)7(9(11,12)13)10(14,15)16/h5,7H,2-4H2,1H3,(H,17,20)(H,18,19). The monoisotopic (exact) mass is 309 g/mol. The van der Waals surface area contributed by atoms with E-state index in [2.05, 4.69) is 0 Å².